The summed E-state index contributed by atoms with van der Waals surface area (Å²) in [5.41, 5.74) is 3.51. The Labute approximate surface area is 233 Å². The molecule has 3 aromatic carbocycles. The van der Waals surface area contributed by atoms with Crippen LogP contribution < -0.4 is 24.0 Å². The molecule has 3 aliphatic rings. The van der Waals surface area contributed by atoms with Crippen LogP contribution in [0.1, 0.15) is 43.5 Å². The minimum atomic E-state index is -0.846. The van der Waals surface area contributed by atoms with E-state index in [0.717, 1.165) is 11.3 Å². The molecule has 1 N–H and O–H groups in total. The van der Waals surface area contributed by atoms with Gasteiger partial charge in [-0.25, -0.2) is 0 Å². The van der Waals surface area contributed by atoms with Gasteiger partial charge in [0.05, 0.1) is 23.8 Å². The molecule has 1 atom stereocenters. The number of fused-ring (bicyclic) bond motifs is 2. The predicted octanol–water partition coefficient (Wildman–Crippen LogP) is 5.21. The van der Waals surface area contributed by atoms with Crippen molar-refractivity contribution in [2.24, 2.45) is 0 Å². The third-order valence-corrected chi connectivity index (χ3v) is 7.67. The summed E-state index contributed by atoms with van der Waals surface area (Å²) in [6, 6.07) is 17.5. The van der Waals surface area contributed by atoms with Crippen molar-refractivity contribution in [3.8, 4) is 17.2 Å². The van der Waals surface area contributed by atoms with Crippen molar-refractivity contribution in [1.29, 1.82) is 0 Å². The van der Waals surface area contributed by atoms with Gasteiger partial charge in [0.1, 0.15) is 31.3 Å². The van der Waals surface area contributed by atoms with Crippen LogP contribution >= 0.6 is 0 Å². The number of ether oxygens (including phenoxy) is 3. The van der Waals surface area contributed by atoms with Crippen LogP contribution in [0.4, 0.5) is 11.4 Å². The fourth-order valence-corrected chi connectivity index (χ4v) is 5.42. The van der Waals surface area contributed by atoms with E-state index >= 15 is 0 Å². The van der Waals surface area contributed by atoms with Crippen LogP contribution in [-0.4, -0.2) is 50.2 Å². The van der Waals surface area contributed by atoms with Crippen molar-refractivity contribution >= 4 is 28.8 Å². The number of hydrogen-bond donors (Lipinski definition) is 1. The van der Waals surface area contributed by atoms with Crippen LogP contribution in [0.2, 0.25) is 0 Å². The third kappa shape index (κ3) is 4.33. The molecule has 8 heteroatoms. The number of amides is 1. The molecule has 206 valence electrons. The average Bonchev–Trinajstić information content (AvgIpc) is 3.22. The number of ketones is 1. The number of benzene rings is 3. The van der Waals surface area contributed by atoms with Crippen molar-refractivity contribution in [3.63, 3.8) is 0 Å². The first-order chi connectivity index (χ1) is 19.1. The largest absolute Gasteiger partial charge is 0.507 e. The SMILES string of the molecule is CN1CCOc2ccc(/C(O)=C3/C(=O)C(=O)N(c4ccc5c(c4)OCCO5)C3c3ccc(C(C)(C)C)cc3)cc21. The highest BCUT2D eigenvalue weighted by molar-refractivity contribution is 6.51. The number of aliphatic hydroxyl groups is 1. The molecule has 0 aromatic heterocycles. The molecule has 1 amide bonds. The number of carbonyl (C=O) groups is 2. The molecule has 3 aromatic rings. The number of aliphatic hydroxyl groups excluding tert-OH is 1. The topological polar surface area (TPSA) is 88.5 Å². The summed E-state index contributed by atoms with van der Waals surface area (Å²) < 4.78 is 17.2. The maximum Gasteiger partial charge on any atom is 0.300 e. The molecule has 1 fully saturated rings. The van der Waals surface area contributed by atoms with E-state index in [1.54, 1.807) is 36.4 Å². The van der Waals surface area contributed by atoms with E-state index < -0.39 is 17.7 Å². The fraction of sp³-hybridized carbons (Fsp3) is 0.312. The van der Waals surface area contributed by atoms with Crippen LogP contribution in [0.3, 0.4) is 0 Å². The quantitative estimate of drug-likeness (QED) is 0.277. The molecule has 3 aliphatic heterocycles. The summed E-state index contributed by atoms with van der Waals surface area (Å²) in [4.78, 5) is 30.8. The Morgan fingerprint density at radius 1 is 0.850 bits per heavy atom. The van der Waals surface area contributed by atoms with Crippen molar-refractivity contribution in [3.05, 3.63) is 82.9 Å². The minimum absolute atomic E-state index is 0.0303. The number of carbonyl (C=O) groups excluding carboxylic acids is 2. The van der Waals surface area contributed by atoms with E-state index in [0.29, 0.717) is 60.4 Å². The summed E-state index contributed by atoms with van der Waals surface area (Å²) in [5.74, 6) is 0.0887. The van der Waals surface area contributed by atoms with Crippen molar-refractivity contribution in [2.75, 3.05) is 43.2 Å². The molecule has 6 rings (SSSR count). The smallest absolute Gasteiger partial charge is 0.300 e. The van der Waals surface area contributed by atoms with Gasteiger partial charge >= 0.3 is 0 Å². The van der Waals surface area contributed by atoms with Crippen LogP contribution in [0.25, 0.3) is 5.76 Å². The molecule has 1 unspecified atom stereocenters. The van der Waals surface area contributed by atoms with Crippen molar-refractivity contribution in [1.82, 2.24) is 0 Å². The van der Waals surface area contributed by atoms with E-state index in [1.807, 2.05) is 36.2 Å². The normalized spacial score (nSPS) is 19.9. The van der Waals surface area contributed by atoms with Crippen LogP contribution in [0.15, 0.2) is 66.2 Å². The van der Waals surface area contributed by atoms with Gasteiger partial charge < -0.3 is 24.2 Å². The summed E-state index contributed by atoms with van der Waals surface area (Å²) in [5, 5.41) is 11.6. The van der Waals surface area contributed by atoms with Gasteiger partial charge in [0.2, 0.25) is 0 Å². The van der Waals surface area contributed by atoms with Gasteiger partial charge in [-0.2, -0.15) is 0 Å². The lowest BCUT2D eigenvalue weighted by atomic mass is 9.85. The second-order valence-electron chi connectivity index (χ2n) is 11.3. The summed E-state index contributed by atoms with van der Waals surface area (Å²) in [7, 11) is 1.95. The maximum absolute atomic E-state index is 13.7. The molecule has 0 bridgehead atoms. The van der Waals surface area contributed by atoms with Gasteiger partial charge in [-0.1, -0.05) is 45.0 Å². The van der Waals surface area contributed by atoms with E-state index in [4.69, 9.17) is 14.2 Å². The molecule has 1 saturated heterocycles. The van der Waals surface area contributed by atoms with Gasteiger partial charge in [0.25, 0.3) is 11.7 Å². The van der Waals surface area contributed by atoms with Gasteiger partial charge in [-0.3, -0.25) is 14.5 Å². The van der Waals surface area contributed by atoms with Crippen LogP contribution in [0.5, 0.6) is 17.2 Å². The van der Waals surface area contributed by atoms with Gasteiger partial charge in [-0.05, 0) is 46.9 Å². The number of nitrogens with zero attached hydrogens (tertiary/aromatic N) is 2. The first-order valence-electron chi connectivity index (χ1n) is 13.4. The monoisotopic (exact) mass is 540 g/mol. The molecule has 0 aliphatic carbocycles. The molecule has 0 spiro atoms. The molecular weight excluding hydrogens is 508 g/mol. The Balaban J connectivity index is 1.51. The zero-order chi connectivity index (χ0) is 28.2. The summed E-state index contributed by atoms with van der Waals surface area (Å²) in [6.45, 7) is 8.48. The Bertz CT molecular complexity index is 1540. The minimum Gasteiger partial charge on any atom is -0.507 e. The summed E-state index contributed by atoms with van der Waals surface area (Å²) in [6.07, 6.45) is 0. The Morgan fingerprint density at radius 2 is 1.52 bits per heavy atom. The first kappa shape index (κ1) is 25.8. The van der Waals surface area contributed by atoms with E-state index in [-0.39, 0.29) is 16.7 Å². The zero-order valence-electron chi connectivity index (χ0n) is 23.1. The van der Waals surface area contributed by atoms with E-state index in [9.17, 15) is 14.7 Å². The van der Waals surface area contributed by atoms with Crippen molar-refractivity contribution < 1.29 is 28.9 Å². The lowest BCUT2D eigenvalue weighted by Gasteiger charge is -2.29. The second-order valence-corrected chi connectivity index (χ2v) is 11.3. The first-order valence-corrected chi connectivity index (χ1v) is 13.4. The van der Waals surface area contributed by atoms with Gasteiger partial charge in [0, 0.05) is 24.4 Å². The van der Waals surface area contributed by atoms with Gasteiger partial charge in [-0.15, -0.1) is 0 Å². The molecule has 0 saturated carbocycles. The average molecular weight is 541 g/mol. The van der Waals surface area contributed by atoms with Crippen LogP contribution in [0, 0.1) is 0 Å². The van der Waals surface area contributed by atoms with Crippen molar-refractivity contribution in [2.45, 2.75) is 32.2 Å². The Kier molecular flexibility index (Phi) is 6.21. The third-order valence-electron chi connectivity index (χ3n) is 7.67. The predicted molar refractivity (Wildman–Crippen MR) is 153 cm³/mol. The standard InChI is InChI=1S/C32H32N2O6/c1-32(2,3)21-8-5-19(6-9-21)28-27(29(35)20-7-11-24-23(17-20)33(4)13-14-38-24)30(36)31(37)34(28)22-10-12-25-26(18-22)40-16-15-39-25/h5-12,17-18,28,35H,13-16H2,1-4H3/b29-27-. The van der Waals surface area contributed by atoms with Gasteiger partial charge in [0.15, 0.2) is 11.5 Å². The number of likely N-dealkylation sites (N-methyl/N-ethyl adjacent to an activating group) is 1. The van der Waals surface area contributed by atoms with E-state index in [2.05, 4.69) is 20.8 Å². The Morgan fingerprint density at radius 3 is 2.25 bits per heavy atom. The highest BCUT2D eigenvalue weighted by Crippen LogP contribution is 2.45. The molecular formula is C32H32N2O6. The summed E-state index contributed by atoms with van der Waals surface area (Å²) >= 11 is 0. The maximum atomic E-state index is 13.7. The molecule has 0 radical (unpaired) electrons. The second kappa shape index (κ2) is 9.62. The van der Waals surface area contributed by atoms with Crippen LogP contribution in [-0.2, 0) is 15.0 Å². The number of rotatable bonds is 3. The number of hydrogen-bond acceptors (Lipinski definition) is 7. The number of anilines is 2. The lowest BCUT2D eigenvalue weighted by Crippen LogP contribution is -2.29. The molecule has 3 heterocycles. The van der Waals surface area contributed by atoms with E-state index in [1.165, 1.54) is 4.90 Å². The highest BCUT2D eigenvalue weighted by atomic mass is 16.6. The Hall–Kier alpha value is -4.46. The fourth-order valence-electron chi connectivity index (χ4n) is 5.42. The molecule has 8 nitrogen and oxygen atoms in total. The highest BCUT2D eigenvalue weighted by Gasteiger charge is 2.47. The number of Topliss-reactive ketones (excluding diaryl/α,β-unsaturated/α-hetero) is 1. The lowest BCUT2D eigenvalue weighted by molar-refractivity contribution is -0.132. The zero-order valence-corrected chi connectivity index (χ0v) is 23.1. The molecule has 40 heavy (non-hydrogen) atoms.